The predicted molar refractivity (Wildman–Crippen MR) is 114 cm³/mol. The molecule has 1 N–H and O–H groups in total. The van der Waals surface area contributed by atoms with Gasteiger partial charge in [-0.1, -0.05) is 23.7 Å². The lowest BCUT2D eigenvalue weighted by Crippen LogP contribution is -2.39. The summed E-state index contributed by atoms with van der Waals surface area (Å²) < 4.78 is 0. The maximum atomic E-state index is 13.3. The number of amides is 1. The van der Waals surface area contributed by atoms with Gasteiger partial charge in [0.05, 0.1) is 5.92 Å². The molecule has 0 bridgehead atoms. The van der Waals surface area contributed by atoms with E-state index in [1.165, 1.54) is 0 Å². The Morgan fingerprint density at radius 1 is 1.14 bits per heavy atom. The molecule has 5 nitrogen and oxygen atoms in total. The molecule has 0 saturated carbocycles. The summed E-state index contributed by atoms with van der Waals surface area (Å²) in [5.74, 6) is -0.604. The predicted octanol–water partition coefficient (Wildman–Crippen LogP) is 4.86. The standard InChI is InChI=1S/C23H22ClN3O2/c1-13-10-11-25-19(12-13)27-23(29)20-14(2)26-17-4-3-5-18(28)22(17)21(20)15-6-8-16(24)9-7-15/h6-12,20-21H,3-5H2,1-2H3,(H,25,27,29)/t20?,21-/m0/s1. The average molecular weight is 408 g/mol. The smallest absolute Gasteiger partial charge is 0.235 e. The van der Waals surface area contributed by atoms with E-state index in [9.17, 15) is 9.59 Å². The topological polar surface area (TPSA) is 71.4 Å². The minimum absolute atomic E-state index is 0.0777. The maximum Gasteiger partial charge on any atom is 0.235 e. The van der Waals surface area contributed by atoms with Crippen LogP contribution in [0.4, 0.5) is 5.82 Å². The van der Waals surface area contributed by atoms with E-state index < -0.39 is 5.92 Å². The quantitative estimate of drug-likeness (QED) is 0.789. The van der Waals surface area contributed by atoms with Crippen molar-refractivity contribution in [2.75, 3.05) is 5.32 Å². The summed E-state index contributed by atoms with van der Waals surface area (Å²) in [4.78, 5) is 35.1. The molecule has 0 radical (unpaired) electrons. The minimum Gasteiger partial charge on any atom is -0.310 e. The third kappa shape index (κ3) is 3.87. The number of hydrogen-bond donors (Lipinski definition) is 1. The Labute approximate surface area is 174 Å². The zero-order valence-corrected chi connectivity index (χ0v) is 17.2. The summed E-state index contributed by atoms with van der Waals surface area (Å²) in [7, 11) is 0. The molecule has 1 aliphatic heterocycles. The fourth-order valence-electron chi connectivity index (χ4n) is 4.18. The van der Waals surface area contributed by atoms with Crippen molar-refractivity contribution in [3.63, 3.8) is 0 Å². The van der Waals surface area contributed by atoms with Crippen molar-refractivity contribution >= 4 is 34.8 Å². The highest BCUT2D eigenvalue weighted by Crippen LogP contribution is 2.43. The van der Waals surface area contributed by atoms with Gasteiger partial charge >= 0.3 is 0 Å². The van der Waals surface area contributed by atoms with Gasteiger partial charge in [-0.3, -0.25) is 14.6 Å². The molecule has 1 aromatic heterocycles. The molecule has 2 aromatic rings. The van der Waals surface area contributed by atoms with E-state index in [0.717, 1.165) is 29.7 Å². The van der Waals surface area contributed by atoms with Gasteiger partial charge in [0.2, 0.25) is 5.91 Å². The van der Waals surface area contributed by atoms with Crippen molar-refractivity contribution < 1.29 is 9.59 Å². The molecule has 0 fully saturated rings. The van der Waals surface area contributed by atoms with Crippen molar-refractivity contribution in [2.45, 2.75) is 39.0 Å². The number of halogens is 1. The Balaban J connectivity index is 1.77. The average Bonchev–Trinajstić information content (AvgIpc) is 2.67. The SMILES string of the molecule is CC1=NC2=C(C(=O)CCC2)[C@@H](c2ccc(Cl)cc2)C1C(=O)Nc1cc(C)ccn1. The molecule has 148 valence electrons. The number of nitrogens with zero attached hydrogens (tertiary/aromatic N) is 2. The lowest BCUT2D eigenvalue weighted by Gasteiger charge is -2.35. The fourth-order valence-corrected chi connectivity index (χ4v) is 4.31. The molecule has 2 heterocycles. The minimum atomic E-state index is -0.584. The highest BCUT2D eigenvalue weighted by molar-refractivity contribution is 6.30. The van der Waals surface area contributed by atoms with Gasteiger partial charge in [0, 0.05) is 40.5 Å². The molecule has 1 unspecified atom stereocenters. The van der Waals surface area contributed by atoms with Gasteiger partial charge in [-0.25, -0.2) is 4.98 Å². The first-order valence-corrected chi connectivity index (χ1v) is 10.1. The molecule has 1 amide bonds. The van der Waals surface area contributed by atoms with Gasteiger partial charge < -0.3 is 5.32 Å². The number of aryl methyl sites for hydroxylation is 1. The maximum absolute atomic E-state index is 13.3. The fraction of sp³-hybridized carbons (Fsp3) is 0.304. The van der Waals surface area contributed by atoms with Crippen LogP contribution in [-0.2, 0) is 9.59 Å². The Bertz CT molecular complexity index is 1040. The normalized spacial score (nSPS) is 21.5. The van der Waals surface area contributed by atoms with Gasteiger partial charge in [-0.05, 0) is 62.1 Å². The van der Waals surface area contributed by atoms with Crippen LogP contribution in [-0.4, -0.2) is 22.4 Å². The number of hydrogen-bond acceptors (Lipinski definition) is 4. The number of carbonyl (C=O) groups is 2. The molecule has 29 heavy (non-hydrogen) atoms. The van der Waals surface area contributed by atoms with Crippen LogP contribution in [0.25, 0.3) is 0 Å². The first-order valence-electron chi connectivity index (χ1n) is 9.74. The van der Waals surface area contributed by atoms with Crippen LogP contribution in [0.3, 0.4) is 0 Å². The number of benzene rings is 1. The van der Waals surface area contributed by atoms with Gasteiger partial charge in [0.25, 0.3) is 0 Å². The van der Waals surface area contributed by atoms with Crippen molar-refractivity contribution in [1.29, 1.82) is 0 Å². The van der Waals surface area contributed by atoms with Crippen LogP contribution >= 0.6 is 11.6 Å². The van der Waals surface area contributed by atoms with Crippen molar-refractivity contribution in [1.82, 2.24) is 4.98 Å². The van der Waals surface area contributed by atoms with E-state index in [-0.39, 0.29) is 17.6 Å². The molecule has 1 aliphatic carbocycles. The van der Waals surface area contributed by atoms with Crippen LogP contribution in [0, 0.1) is 12.8 Å². The zero-order chi connectivity index (χ0) is 20.5. The number of aromatic nitrogens is 1. The van der Waals surface area contributed by atoms with Crippen LogP contribution < -0.4 is 5.32 Å². The van der Waals surface area contributed by atoms with Crippen LogP contribution in [0.2, 0.25) is 5.02 Å². The molecule has 2 aliphatic rings. The highest BCUT2D eigenvalue weighted by atomic mass is 35.5. The van der Waals surface area contributed by atoms with Gasteiger partial charge in [-0.2, -0.15) is 0 Å². The summed E-state index contributed by atoms with van der Waals surface area (Å²) in [6.45, 7) is 3.80. The van der Waals surface area contributed by atoms with Crippen molar-refractivity contribution in [3.8, 4) is 0 Å². The molecule has 0 spiro atoms. The van der Waals surface area contributed by atoms with Gasteiger partial charge in [-0.15, -0.1) is 0 Å². The summed E-state index contributed by atoms with van der Waals surface area (Å²) >= 11 is 6.08. The Hall–Kier alpha value is -2.79. The second-order valence-corrected chi connectivity index (χ2v) is 8.04. The number of carbonyl (C=O) groups excluding carboxylic acids is 2. The number of Topliss-reactive ketones (excluding diaryl/α,β-unsaturated/α-hetero) is 1. The summed E-state index contributed by atoms with van der Waals surface area (Å²) in [6.07, 6.45) is 3.71. The Morgan fingerprint density at radius 3 is 2.62 bits per heavy atom. The van der Waals surface area contributed by atoms with E-state index in [1.54, 1.807) is 18.3 Å². The number of ketones is 1. The Morgan fingerprint density at radius 2 is 1.90 bits per heavy atom. The van der Waals surface area contributed by atoms with E-state index in [4.69, 9.17) is 11.6 Å². The largest absolute Gasteiger partial charge is 0.310 e. The molecule has 1 aromatic carbocycles. The lowest BCUT2D eigenvalue weighted by atomic mass is 9.71. The summed E-state index contributed by atoms with van der Waals surface area (Å²) in [5.41, 5.74) is 4.09. The third-order valence-corrected chi connectivity index (χ3v) is 5.76. The van der Waals surface area contributed by atoms with Crippen LogP contribution in [0.1, 0.15) is 43.2 Å². The van der Waals surface area contributed by atoms with Crippen LogP contribution in [0.5, 0.6) is 0 Å². The van der Waals surface area contributed by atoms with Crippen molar-refractivity contribution in [3.05, 3.63) is 70.0 Å². The lowest BCUT2D eigenvalue weighted by molar-refractivity contribution is -0.119. The Kier molecular flexibility index (Phi) is 5.33. The second-order valence-electron chi connectivity index (χ2n) is 7.60. The van der Waals surface area contributed by atoms with E-state index >= 15 is 0 Å². The van der Waals surface area contributed by atoms with E-state index in [1.807, 2.05) is 38.1 Å². The number of allylic oxidation sites excluding steroid dienone is 2. The monoisotopic (exact) mass is 407 g/mol. The van der Waals surface area contributed by atoms with E-state index in [0.29, 0.717) is 28.5 Å². The third-order valence-electron chi connectivity index (χ3n) is 5.51. The number of aliphatic imine (C=N–C) groups is 1. The highest BCUT2D eigenvalue weighted by Gasteiger charge is 2.42. The molecular weight excluding hydrogens is 386 g/mol. The number of rotatable bonds is 3. The molecule has 4 rings (SSSR count). The van der Waals surface area contributed by atoms with Crippen LogP contribution in [0.15, 0.2) is 58.9 Å². The molecule has 6 heteroatoms. The number of pyridine rings is 1. The number of nitrogens with one attached hydrogen (secondary N) is 1. The van der Waals surface area contributed by atoms with Gasteiger partial charge in [0.1, 0.15) is 5.82 Å². The number of anilines is 1. The van der Waals surface area contributed by atoms with E-state index in [2.05, 4.69) is 15.3 Å². The first-order chi connectivity index (χ1) is 13.9. The first kappa shape index (κ1) is 19.5. The second kappa shape index (κ2) is 7.91. The molecular formula is C23H22ClN3O2. The molecule has 0 saturated heterocycles. The molecule has 2 atom stereocenters. The zero-order valence-electron chi connectivity index (χ0n) is 16.4. The summed E-state index contributed by atoms with van der Waals surface area (Å²) in [6, 6.07) is 11.1. The van der Waals surface area contributed by atoms with Crippen molar-refractivity contribution in [2.24, 2.45) is 10.9 Å². The summed E-state index contributed by atoms with van der Waals surface area (Å²) in [5, 5.41) is 3.53. The van der Waals surface area contributed by atoms with Gasteiger partial charge in [0.15, 0.2) is 5.78 Å².